The Kier molecular flexibility index (Phi) is 4.69. The Labute approximate surface area is 65.1 Å². The first-order valence-corrected chi connectivity index (χ1v) is 3.23. The van der Waals surface area contributed by atoms with Crippen molar-refractivity contribution in [1.29, 1.82) is 0 Å². The van der Waals surface area contributed by atoms with Crippen LogP contribution >= 0.6 is 0 Å². The van der Waals surface area contributed by atoms with E-state index in [1.165, 1.54) is 13.2 Å². The first kappa shape index (κ1) is 9.59. The van der Waals surface area contributed by atoms with Gasteiger partial charge in [0.05, 0.1) is 7.11 Å². The highest BCUT2D eigenvalue weighted by Gasteiger charge is 2.15. The van der Waals surface area contributed by atoms with Gasteiger partial charge >= 0.3 is 11.7 Å². The summed E-state index contributed by atoms with van der Waals surface area (Å²) in [7, 11) is 1.23. The Morgan fingerprint density at radius 1 is 1.73 bits per heavy atom. The van der Waals surface area contributed by atoms with Crippen LogP contribution in [0.4, 0.5) is 0 Å². The Morgan fingerprint density at radius 3 is 2.73 bits per heavy atom. The van der Waals surface area contributed by atoms with Gasteiger partial charge in [-0.25, -0.2) is 4.79 Å². The van der Waals surface area contributed by atoms with E-state index in [-0.39, 0.29) is 5.71 Å². The highest BCUT2D eigenvalue weighted by Crippen LogP contribution is 1.84. The number of hydrogen-bond donors (Lipinski definition) is 0. The van der Waals surface area contributed by atoms with Gasteiger partial charge in [0.15, 0.2) is 0 Å². The van der Waals surface area contributed by atoms with E-state index in [2.05, 4.69) is 9.53 Å². The lowest BCUT2D eigenvalue weighted by Crippen LogP contribution is -2.13. The maximum Gasteiger partial charge on any atom is 0.421 e. The molecule has 0 aliphatic carbocycles. The van der Waals surface area contributed by atoms with Crippen molar-refractivity contribution in [2.45, 2.75) is 13.3 Å². The van der Waals surface area contributed by atoms with Gasteiger partial charge < -0.3 is 10.3 Å². The molecular formula is C7H10N2O2. The fourth-order valence-electron chi connectivity index (χ4n) is 0.476. The van der Waals surface area contributed by atoms with Gasteiger partial charge in [0, 0.05) is 6.08 Å². The normalized spacial score (nSPS) is 9.27. The molecule has 4 heteroatoms. The summed E-state index contributed by atoms with van der Waals surface area (Å²) in [5.41, 5.74) is 8.20. The van der Waals surface area contributed by atoms with E-state index in [9.17, 15) is 4.79 Å². The maximum absolute atomic E-state index is 10.7. The van der Waals surface area contributed by atoms with E-state index in [4.69, 9.17) is 5.53 Å². The molecule has 0 atom stereocenters. The van der Waals surface area contributed by atoms with Gasteiger partial charge in [-0.1, -0.05) is 13.0 Å². The minimum Gasteiger partial charge on any atom is -0.460 e. The molecule has 0 rings (SSSR count). The predicted molar refractivity (Wildman–Crippen MR) is 40.1 cm³/mol. The number of nitrogens with zero attached hydrogens (tertiary/aromatic N) is 2. The summed E-state index contributed by atoms with van der Waals surface area (Å²) in [5.74, 6) is -0.641. The number of rotatable bonds is 3. The highest BCUT2D eigenvalue weighted by atomic mass is 16.5. The largest absolute Gasteiger partial charge is 0.460 e. The van der Waals surface area contributed by atoms with E-state index >= 15 is 0 Å². The monoisotopic (exact) mass is 154 g/mol. The molecule has 0 bridgehead atoms. The molecular weight excluding hydrogens is 144 g/mol. The van der Waals surface area contributed by atoms with Gasteiger partial charge in [-0.3, -0.25) is 0 Å². The third-order valence-corrected chi connectivity index (χ3v) is 1.01. The summed E-state index contributed by atoms with van der Waals surface area (Å²) in [4.78, 5) is 13.4. The molecule has 0 aliphatic rings. The standard InChI is InChI=1S/C7H10N2O2/c1-3-4-5-6(9-8)7(10)11-2/h4-5H,3H2,1-2H3/b5-4+. The highest BCUT2D eigenvalue weighted by molar-refractivity contribution is 6.38. The van der Waals surface area contributed by atoms with Gasteiger partial charge in [-0.05, 0) is 6.42 Å². The second kappa shape index (κ2) is 5.38. The summed E-state index contributed by atoms with van der Waals surface area (Å²) in [5, 5.41) is 0. The molecule has 0 aromatic carbocycles. The van der Waals surface area contributed by atoms with Crippen LogP contribution in [0.1, 0.15) is 13.3 Å². The quantitative estimate of drug-likeness (QED) is 0.261. The first-order valence-electron chi connectivity index (χ1n) is 3.23. The number of esters is 1. The first-order chi connectivity index (χ1) is 5.26. The van der Waals surface area contributed by atoms with Crippen LogP contribution < -0.4 is 0 Å². The summed E-state index contributed by atoms with van der Waals surface area (Å²) in [6.45, 7) is 1.91. The summed E-state index contributed by atoms with van der Waals surface area (Å²) < 4.78 is 4.32. The van der Waals surface area contributed by atoms with Crippen molar-refractivity contribution in [2.75, 3.05) is 7.11 Å². The molecule has 0 amide bonds. The van der Waals surface area contributed by atoms with Crippen LogP contribution in [-0.2, 0) is 9.53 Å². The maximum atomic E-state index is 10.7. The topological polar surface area (TPSA) is 62.7 Å². The predicted octanol–water partition coefficient (Wildman–Crippen LogP) is 0.796. The molecule has 4 nitrogen and oxygen atoms in total. The zero-order chi connectivity index (χ0) is 8.69. The van der Waals surface area contributed by atoms with Crippen molar-refractivity contribution < 1.29 is 14.3 Å². The Bertz CT molecular complexity index is 214. The van der Waals surface area contributed by atoms with Gasteiger partial charge in [0.25, 0.3) is 0 Å². The molecule has 0 aliphatic heterocycles. The molecule has 0 aromatic rings. The number of allylic oxidation sites excluding steroid dienone is 1. The van der Waals surface area contributed by atoms with Crippen molar-refractivity contribution in [3.05, 3.63) is 17.7 Å². The fourth-order valence-corrected chi connectivity index (χ4v) is 0.476. The Balaban J connectivity index is 4.32. The van der Waals surface area contributed by atoms with Crippen molar-refractivity contribution in [3.63, 3.8) is 0 Å². The van der Waals surface area contributed by atoms with E-state index in [0.29, 0.717) is 0 Å². The third-order valence-electron chi connectivity index (χ3n) is 1.01. The van der Waals surface area contributed by atoms with Gasteiger partial charge in [-0.2, -0.15) is 4.79 Å². The minimum absolute atomic E-state index is 0.0886. The summed E-state index contributed by atoms with van der Waals surface area (Å²) >= 11 is 0. The van der Waals surface area contributed by atoms with Crippen molar-refractivity contribution in [3.8, 4) is 0 Å². The molecule has 0 unspecified atom stereocenters. The fraction of sp³-hybridized carbons (Fsp3) is 0.429. The van der Waals surface area contributed by atoms with Gasteiger partial charge in [0.2, 0.25) is 0 Å². The lowest BCUT2D eigenvalue weighted by Gasteiger charge is -1.86. The number of methoxy groups -OCH3 is 1. The molecule has 0 N–H and O–H groups in total. The van der Waals surface area contributed by atoms with E-state index in [1.54, 1.807) is 6.08 Å². The van der Waals surface area contributed by atoms with E-state index in [1.807, 2.05) is 6.92 Å². The zero-order valence-electron chi connectivity index (χ0n) is 6.57. The van der Waals surface area contributed by atoms with E-state index < -0.39 is 5.97 Å². The number of hydrogen-bond acceptors (Lipinski definition) is 2. The SMILES string of the molecule is CC/C=C/C(=[N+]=[N-])C(=O)OC. The van der Waals surface area contributed by atoms with Gasteiger partial charge in [0.1, 0.15) is 0 Å². The molecule has 0 heterocycles. The second-order valence-electron chi connectivity index (χ2n) is 1.79. The molecule has 0 saturated carbocycles. The lowest BCUT2D eigenvalue weighted by molar-refractivity contribution is -0.137. The molecule has 0 radical (unpaired) electrons. The Hall–Kier alpha value is -1.41. The second-order valence-corrected chi connectivity index (χ2v) is 1.79. The molecule has 0 aromatic heterocycles. The smallest absolute Gasteiger partial charge is 0.421 e. The summed E-state index contributed by atoms with van der Waals surface area (Å²) in [6.07, 6.45) is 3.88. The number of carbonyl (C=O) groups excluding carboxylic acids is 1. The minimum atomic E-state index is -0.641. The van der Waals surface area contributed by atoms with Crippen LogP contribution in [-0.4, -0.2) is 23.6 Å². The van der Waals surface area contributed by atoms with Crippen molar-refractivity contribution in [2.24, 2.45) is 0 Å². The number of carbonyl (C=O) groups is 1. The van der Waals surface area contributed by atoms with Crippen LogP contribution in [0.2, 0.25) is 0 Å². The average Bonchev–Trinajstić information content (AvgIpc) is 2.05. The number of ether oxygens (including phenoxy) is 1. The van der Waals surface area contributed by atoms with E-state index in [0.717, 1.165) is 6.42 Å². The third kappa shape index (κ3) is 3.33. The molecule has 60 valence electrons. The molecule has 0 spiro atoms. The van der Waals surface area contributed by atoms with Gasteiger partial charge in [-0.15, -0.1) is 0 Å². The van der Waals surface area contributed by atoms with Crippen LogP contribution in [0.5, 0.6) is 0 Å². The Morgan fingerprint density at radius 2 is 2.36 bits per heavy atom. The van der Waals surface area contributed by atoms with Crippen LogP contribution in [0.25, 0.3) is 5.53 Å². The average molecular weight is 154 g/mol. The van der Waals surface area contributed by atoms with Crippen LogP contribution in [0.3, 0.4) is 0 Å². The van der Waals surface area contributed by atoms with Crippen molar-refractivity contribution >= 4 is 11.7 Å². The zero-order valence-corrected chi connectivity index (χ0v) is 6.57. The van der Waals surface area contributed by atoms with Crippen LogP contribution in [0, 0.1) is 0 Å². The molecule has 11 heavy (non-hydrogen) atoms. The van der Waals surface area contributed by atoms with Crippen LogP contribution in [0.15, 0.2) is 12.2 Å². The lowest BCUT2D eigenvalue weighted by atomic mass is 10.3. The molecule has 0 fully saturated rings. The molecule has 0 saturated heterocycles. The van der Waals surface area contributed by atoms with Crippen molar-refractivity contribution in [1.82, 2.24) is 0 Å². The summed E-state index contributed by atoms with van der Waals surface area (Å²) in [6, 6.07) is 0.